The molecule has 0 N–H and O–H groups in total. The molecule has 1 aliphatic heterocycles. The van der Waals surface area contributed by atoms with E-state index in [1.165, 1.54) is 21.6 Å². The lowest BCUT2D eigenvalue weighted by Gasteiger charge is -2.37. The van der Waals surface area contributed by atoms with E-state index in [1.807, 2.05) is 30.3 Å². The molecule has 0 unspecified atom stereocenters. The number of benzene rings is 3. The van der Waals surface area contributed by atoms with Gasteiger partial charge in [0.25, 0.3) is 15.9 Å². The SMILES string of the molecule is CCN(c1ccccc1)S(=O)(=O)c1cccc(C(=O)N2CCN(c3ccccc3C)CC2)c1. The zero-order valence-corrected chi connectivity index (χ0v) is 19.8. The van der Waals surface area contributed by atoms with Crippen LogP contribution in [-0.4, -0.2) is 51.9 Å². The summed E-state index contributed by atoms with van der Waals surface area (Å²) in [5, 5.41) is 0. The van der Waals surface area contributed by atoms with Crippen molar-refractivity contribution >= 4 is 27.3 Å². The molecule has 1 heterocycles. The van der Waals surface area contributed by atoms with E-state index in [4.69, 9.17) is 0 Å². The maximum atomic E-state index is 13.3. The number of amides is 1. The van der Waals surface area contributed by atoms with Gasteiger partial charge in [0.05, 0.1) is 10.6 Å². The molecule has 0 aromatic heterocycles. The molecular formula is C26H29N3O3S. The minimum atomic E-state index is -3.79. The van der Waals surface area contributed by atoms with Crippen LogP contribution in [0.2, 0.25) is 0 Å². The first kappa shape index (κ1) is 22.9. The van der Waals surface area contributed by atoms with E-state index in [1.54, 1.807) is 42.2 Å². The zero-order chi connectivity index (χ0) is 23.4. The van der Waals surface area contributed by atoms with Crippen LogP contribution < -0.4 is 9.21 Å². The van der Waals surface area contributed by atoms with Crippen LogP contribution >= 0.6 is 0 Å². The Morgan fingerprint density at radius 1 is 0.879 bits per heavy atom. The Morgan fingerprint density at radius 2 is 1.55 bits per heavy atom. The van der Waals surface area contributed by atoms with Crippen LogP contribution in [0, 0.1) is 6.92 Å². The zero-order valence-electron chi connectivity index (χ0n) is 19.0. The highest BCUT2D eigenvalue weighted by Gasteiger charge is 2.27. The van der Waals surface area contributed by atoms with E-state index in [0.29, 0.717) is 30.9 Å². The molecule has 0 saturated carbocycles. The molecule has 1 saturated heterocycles. The number of hydrogen-bond donors (Lipinski definition) is 0. The Labute approximate surface area is 196 Å². The number of carbonyl (C=O) groups is 1. The largest absolute Gasteiger partial charge is 0.368 e. The van der Waals surface area contributed by atoms with E-state index in [0.717, 1.165) is 13.1 Å². The molecule has 0 radical (unpaired) electrons. The molecule has 6 nitrogen and oxygen atoms in total. The third-order valence-electron chi connectivity index (χ3n) is 6.02. The normalized spacial score (nSPS) is 14.2. The van der Waals surface area contributed by atoms with Gasteiger partial charge in [0.15, 0.2) is 0 Å². The molecule has 0 aliphatic carbocycles. The minimum absolute atomic E-state index is 0.123. The quantitative estimate of drug-likeness (QED) is 0.550. The predicted octanol–water partition coefficient (Wildman–Crippen LogP) is 4.17. The van der Waals surface area contributed by atoms with Crippen LogP contribution in [-0.2, 0) is 10.0 Å². The fourth-order valence-electron chi connectivity index (χ4n) is 4.25. The molecule has 1 fully saturated rings. The topological polar surface area (TPSA) is 60.9 Å². The maximum absolute atomic E-state index is 13.3. The van der Waals surface area contributed by atoms with Gasteiger partial charge in [-0.3, -0.25) is 9.10 Å². The molecule has 3 aromatic carbocycles. The Balaban J connectivity index is 1.51. The van der Waals surface area contributed by atoms with Crippen LogP contribution in [0.5, 0.6) is 0 Å². The second-order valence-corrected chi connectivity index (χ2v) is 9.96. The van der Waals surface area contributed by atoms with Gasteiger partial charge >= 0.3 is 0 Å². The maximum Gasteiger partial charge on any atom is 0.264 e. The average Bonchev–Trinajstić information content (AvgIpc) is 2.85. The van der Waals surface area contributed by atoms with Gasteiger partial charge in [-0.2, -0.15) is 0 Å². The number of aryl methyl sites for hydroxylation is 1. The van der Waals surface area contributed by atoms with Crippen LogP contribution in [0.15, 0.2) is 83.8 Å². The molecule has 0 bridgehead atoms. The summed E-state index contributed by atoms with van der Waals surface area (Å²) in [5.41, 5.74) is 3.40. The van der Waals surface area contributed by atoms with Crippen molar-refractivity contribution in [1.29, 1.82) is 0 Å². The fraction of sp³-hybridized carbons (Fsp3) is 0.269. The van der Waals surface area contributed by atoms with E-state index >= 15 is 0 Å². The highest BCUT2D eigenvalue weighted by molar-refractivity contribution is 7.92. The molecule has 1 aliphatic rings. The summed E-state index contributed by atoms with van der Waals surface area (Å²) in [6.45, 7) is 6.86. The molecule has 172 valence electrons. The molecule has 7 heteroatoms. The van der Waals surface area contributed by atoms with Crippen molar-refractivity contribution in [2.24, 2.45) is 0 Å². The number of sulfonamides is 1. The van der Waals surface area contributed by atoms with Crippen LogP contribution in [0.3, 0.4) is 0 Å². The summed E-state index contributed by atoms with van der Waals surface area (Å²) < 4.78 is 28.0. The van der Waals surface area contributed by atoms with Gasteiger partial charge in [-0.15, -0.1) is 0 Å². The summed E-state index contributed by atoms with van der Waals surface area (Å²) in [6, 6.07) is 23.6. The summed E-state index contributed by atoms with van der Waals surface area (Å²) in [5.74, 6) is -0.140. The first-order chi connectivity index (χ1) is 15.9. The summed E-state index contributed by atoms with van der Waals surface area (Å²) in [6.07, 6.45) is 0. The molecule has 3 aromatic rings. The fourth-order valence-corrected chi connectivity index (χ4v) is 5.77. The van der Waals surface area contributed by atoms with Gasteiger partial charge in [-0.05, 0) is 55.8 Å². The third kappa shape index (κ3) is 4.73. The van der Waals surface area contributed by atoms with E-state index in [2.05, 4.69) is 24.0 Å². The Bertz CT molecular complexity index is 1220. The van der Waals surface area contributed by atoms with Gasteiger partial charge in [-0.1, -0.05) is 42.5 Å². The van der Waals surface area contributed by atoms with Crippen LogP contribution in [0.25, 0.3) is 0 Å². The Kier molecular flexibility index (Phi) is 6.70. The molecule has 1 amide bonds. The average molecular weight is 464 g/mol. The van der Waals surface area contributed by atoms with Gasteiger partial charge in [0.1, 0.15) is 0 Å². The lowest BCUT2D eigenvalue weighted by Crippen LogP contribution is -2.49. The van der Waals surface area contributed by atoms with Crippen molar-refractivity contribution in [3.8, 4) is 0 Å². The minimum Gasteiger partial charge on any atom is -0.368 e. The number of hydrogen-bond acceptors (Lipinski definition) is 4. The lowest BCUT2D eigenvalue weighted by molar-refractivity contribution is 0.0746. The van der Waals surface area contributed by atoms with Gasteiger partial charge in [-0.25, -0.2) is 8.42 Å². The Hall–Kier alpha value is -3.32. The van der Waals surface area contributed by atoms with E-state index < -0.39 is 10.0 Å². The number of carbonyl (C=O) groups excluding carboxylic acids is 1. The molecule has 33 heavy (non-hydrogen) atoms. The number of nitrogens with zero attached hydrogens (tertiary/aromatic N) is 3. The van der Waals surface area contributed by atoms with Crippen molar-refractivity contribution in [2.45, 2.75) is 18.7 Å². The second-order valence-electron chi connectivity index (χ2n) is 8.10. The van der Waals surface area contributed by atoms with Gasteiger partial charge < -0.3 is 9.80 Å². The van der Waals surface area contributed by atoms with Crippen LogP contribution in [0.4, 0.5) is 11.4 Å². The van der Waals surface area contributed by atoms with Crippen molar-refractivity contribution in [3.63, 3.8) is 0 Å². The summed E-state index contributed by atoms with van der Waals surface area (Å²) in [7, 11) is -3.79. The first-order valence-electron chi connectivity index (χ1n) is 11.2. The molecule has 0 atom stereocenters. The lowest BCUT2D eigenvalue weighted by atomic mass is 10.1. The van der Waals surface area contributed by atoms with Crippen molar-refractivity contribution in [1.82, 2.24) is 4.90 Å². The summed E-state index contributed by atoms with van der Waals surface area (Å²) in [4.78, 5) is 17.4. The van der Waals surface area contributed by atoms with E-state index in [-0.39, 0.29) is 10.8 Å². The molecule has 0 spiro atoms. The van der Waals surface area contributed by atoms with Crippen molar-refractivity contribution in [2.75, 3.05) is 41.9 Å². The van der Waals surface area contributed by atoms with E-state index in [9.17, 15) is 13.2 Å². The molecular weight excluding hydrogens is 434 g/mol. The predicted molar refractivity (Wildman–Crippen MR) is 132 cm³/mol. The van der Waals surface area contributed by atoms with Gasteiger partial charge in [0, 0.05) is 44.0 Å². The smallest absolute Gasteiger partial charge is 0.264 e. The Morgan fingerprint density at radius 3 is 2.21 bits per heavy atom. The number of piperazine rings is 1. The first-order valence-corrected chi connectivity index (χ1v) is 12.6. The highest BCUT2D eigenvalue weighted by atomic mass is 32.2. The van der Waals surface area contributed by atoms with Gasteiger partial charge in [0.2, 0.25) is 0 Å². The number of anilines is 2. The highest BCUT2D eigenvalue weighted by Crippen LogP contribution is 2.25. The third-order valence-corrected chi connectivity index (χ3v) is 7.92. The van der Waals surface area contributed by atoms with Crippen molar-refractivity contribution in [3.05, 3.63) is 90.0 Å². The number of rotatable bonds is 6. The molecule has 4 rings (SSSR count). The number of para-hydroxylation sites is 2. The monoisotopic (exact) mass is 463 g/mol. The standard InChI is InChI=1S/C26H29N3O3S/c1-3-29(23-12-5-4-6-13-23)33(31,32)24-14-9-11-22(20-24)26(30)28-18-16-27(17-19-28)25-15-8-7-10-21(25)2/h4-15,20H,3,16-19H2,1-2H3. The summed E-state index contributed by atoms with van der Waals surface area (Å²) >= 11 is 0. The van der Waals surface area contributed by atoms with Crippen molar-refractivity contribution < 1.29 is 13.2 Å². The second kappa shape index (κ2) is 9.67. The van der Waals surface area contributed by atoms with Crippen LogP contribution in [0.1, 0.15) is 22.8 Å².